The molecular weight excluding hydrogens is 278 g/mol. The van der Waals surface area contributed by atoms with E-state index in [4.69, 9.17) is 0 Å². The zero-order chi connectivity index (χ0) is 13.9. The first-order chi connectivity index (χ1) is 9.00. The first-order valence-corrected chi connectivity index (χ1v) is 9.34. The van der Waals surface area contributed by atoms with Crippen LogP contribution < -0.4 is 0 Å². The number of sulfone groups is 1. The minimum atomic E-state index is -3.15. The van der Waals surface area contributed by atoms with E-state index >= 15 is 0 Å². The maximum atomic E-state index is 12.2. The zero-order valence-corrected chi connectivity index (χ0v) is 13.1. The zero-order valence-electron chi connectivity index (χ0n) is 11.5. The van der Waals surface area contributed by atoms with E-state index in [-0.39, 0.29) is 5.75 Å². The smallest absolute Gasteiger partial charge is 0.179 e. The van der Waals surface area contributed by atoms with E-state index in [0.29, 0.717) is 22.7 Å². The van der Waals surface area contributed by atoms with E-state index in [1.54, 1.807) is 24.3 Å². The fourth-order valence-electron chi connectivity index (χ4n) is 2.29. The average molecular weight is 299 g/mol. The Morgan fingerprint density at radius 1 is 1.26 bits per heavy atom. The van der Waals surface area contributed by atoms with Crippen molar-refractivity contribution in [2.75, 3.05) is 24.6 Å². The van der Waals surface area contributed by atoms with Crippen LogP contribution in [0.25, 0.3) is 0 Å². The molecule has 0 amide bonds. The number of benzene rings is 1. The summed E-state index contributed by atoms with van der Waals surface area (Å²) in [5.74, 6) is 1.30. The molecule has 0 aliphatic carbocycles. The topological polar surface area (TPSA) is 37.4 Å². The lowest BCUT2D eigenvalue weighted by molar-refractivity contribution is 0.225. The predicted molar refractivity (Wildman–Crippen MR) is 81.4 cm³/mol. The van der Waals surface area contributed by atoms with Crippen LogP contribution in [0.5, 0.6) is 0 Å². The van der Waals surface area contributed by atoms with E-state index in [9.17, 15) is 8.42 Å². The van der Waals surface area contributed by atoms with E-state index < -0.39 is 9.84 Å². The molecule has 1 aromatic rings. The van der Waals surface area contributed by atoms with Crippen molar-refractivity contribution in [3.8, 4) is 0 Å². The maximum Gasteiger partial charge on any atom is 0.179 e. The second-order valence-corrected chi connectivity index (χ2v) is 8.58. The molecule has 1 aliphatic rings. The molecule has 1 saturated heterocycles. The molecule has 3 nitrogen and oxygen atoms in total. The highest BCUT2D eigenvalue weighted by molar-refractivity contribution is 8.00. The summed E-state index contributed by atoms with van der Waals surface area (Å²) < 4.78 is 24.5. The van der Waals surface area contributed by atoms with Crippen molar-refractivity contribution in [2.45, 2.75) is 30.0 Å². The number of rotatable bonds is 4. The van der Waals surface area contributed by atoms with Crippen LogP contribution in [0.15, 0.2) is 35.2 Å². The van der Waals surface area contributed by atoms with Crippen molar-refractivity contribution in [3.63, 3.8) is 0 Å². The van der Waals surface area contributed by atoms with Gasteiger partial charge >= 0.3 is 0 Å². The summed E-state index contributed by atoms with van der Waals surface area (Å²) in [6.45, 7) is 6.02. The summed E-state index contributed by atoms with van der Waals surface area (Å²) in [6.07, 6.45) is 0. The molecular formula is C14H21NO2S2. The number of hydrogen-bond acceptors (Lipinski definition) is 4. The predicted octanol–water partition coefficient (Wildman–Crippen LogP) is 2.29. The Hall–Kier alpha value is -0.520. The Kier molecular flexibility index (Phi) is 4.92. The maximum absolute atomic E-state index is 12.2. The minimum absolute atomic E-state index is 0.207. The largest absolute Gasteiger partial charge is 0.298 e. The molecule has 2 rings (SSSR count). The molecule has 19 heavy (non-hydrogen) atoms. The van der Waals surface area contributed by atoms with E-state index in [0.717, 1.165) is 12.3 Å². The molecule has 1 aromatic carbocycles. The summed E-state index contributed by atoms with van der Waals surface area (Å²) in [4.78, 5) is 2.73. The summed E-state index contributed by atoms with van der Waals surface area (Å²) in [5, 5.41) is 0.577. The van der Waals surface area contributed by atoms with Crippen molar-refractivity contribution in [2.24, 2.45) is 0 Å². The van der Waals surface area contributed by atoms with Gasteiger partial charge in [0, 0.05) is 30.1 Å². The van der Waals surface area contributed by atoms with Gasteiger partial charge in [0.15, 0.2) is 9.84 Å². The highest BCUT2D eigenvalue weighted by atomic mass is 32.2. The third kappa shape index (κ3) is 3.74. The minimum Gasteiger partial charge on any atom is -0.298 e. The van der Waals surface area contributed by atoms with Gasteiger partial charge in [0.05, 0.1) is 10.6 Å². The molecule has 1 fully saturated rings. The third-order valence-corrected chi connectivity index (χ3v) is 6.81. The number of thioether (sulfide) groups is 1. The van der Waals surface area contributed by atoms with E-state index in [1.807, 2.05) is 17.8 Å². The van der Waals surface area contributed by atoms with Gasteiger partial charge in [0.25, 0.3) is 0 Å². The van der Waals surface area contributed by atoms with Gasteiger partial charge in [-0.25, -0.2) is 8.42 Å². The molecule has 0 N–H and O–H groups in total. The van der Waals surface area contributed by atoms with Crippen molar-refractivity contribution < 1.29 is 8.42 Å². The fourth-order valence-corrected chi connectivity index (χ4v) is 4.74. The molecule has 0 radical (unpaired) electrons. The molecule has 2 atom stereocenters. The molecule has 0 aromatic heterocycles. The average Bonchev–Trinajstić information content (AvgIpc) is 2.41. The highest BCUT2D eigenvalue weighted by Crippen LogP contribution is 2.24. The summed E-state index contributed by atoms with van der Waals surface area (Å²) >= 11 is 1.97. The monoisotopic (exact) mass is 299 g/mol. The van der Waals surface area contributed by atoms with Gasteiger partial charge in [0.1, 0.15) is 0 Å². The molecule has 0 bridgehead atoms. The summed E-state index contributed by atoms with van der Waals surface area (Å²) in [6, 6.07) is 9.18. The SMILES string of the molecule is CC1SCCN(CCS(=O)(=O)c2ccccc2)C1C. The fraction of sp³-hybridized carbons (Fsp3) is 0.571. The van der Waals surface area contributed by atoms with Crippen LogP contribution in [-0.4, -0.2) is 49.2 Å². The van der Waals surface area contributed by atoms with Gasteiger partial charge in [-0.2, -0.15) is 11.8 Å². The Bertz CT molecular complexity index is 501. The van der Waals surface area contributed by atoms with Gasteiger partial charge in [-0.3, -0.25) is 4.90 Å². The van der Waals surface area contributed by atoms with Crippen LogP contribution in [0.2, 0.25) is 0 Å². The Morgan fingerprint density at radius 2 is 1.95 bits per heavy atom. The van der Waals surface area contributed by atoms with Gasteiger partial charge < -0.3 is 0 Å². The second-order valence-electron chi connectivity index (χ2n) is 4.98. The van der Waals surface area contributed by atoms with Crippen LogP contribution in [0.1, 0.15) is 13.8 Å². The van der Waals surface area contributed by atoms with E-state index in [1.165, 1.54) is 0 Å². The molecule has 0 spiro atoms. The van der Waals surface area contributed by atoms with Crippen LogP contribution in [0.4, 0.5) is 0 Å². The quantitative estimate of drug-likeness (QED) is 0.855. The van der Waals surface area contributed by atoms with Crippen molar-refractivity contribution in [3.05, 3.63) is 30.3 Å². The Labute approximate surface area is 120 Å². The molecule has 1 aliphatic heterocycles. The standard InChI is InChI=1S/C14H21NO2S2/c1-12-13(2)18-10-8-15(12)9-11-19(16,17)14-6-4-3-5-7-14/h3-7,12-13H,8-11H2,1-2H3. The van der Waals surface area contributed by atoms with Gasteiger partial charge in [-0.05, 0) is 19.1 Å². The Balaban J connectivity index is 1.98. The lowest BCUT2D eigenvalue weighted by Crippen LogP contribution is -2.46. The Morgan fingerprint density at radius 3 is 2.63 bits per heavy atom. The normalized spacial score (nSPS) is 25.4. The first-order valence-electron chi connectivity index (χ1n) is 6.64. The van der Waals surface area contributed by atoms with Crippen LogP contribution >= 0.6 is 11.8 Å². The lowest BCUT2D eigenvalue weighted by Gasteiger charge is -2.37. The molecule has 1 heterocycles. The molecule has 0 saturated carbocycles. The molecule has 106 valence electrons. The molecule has 5 heteroatoms. The van der Waals surface area contributed by atoms with Crippen molar-refractivity contribution in [1.82, 2.24) is 4.90 Å². The van der Waals surface area contributed by atoms with E-state index in [2.05, 4.69) is 18.7 Å². The van der Waals surface area contributed by atoms with Gasteiger partial charge in [0.2, 0.25) is 0 Å². The van der Waals surface area contributed by atoms with Gasteiger partial charge in [-0.15, -0.1) is 0 Å². The number of nitrogens with zero attached hydrogens (tertiary/aromatic N) is 1. The highest BCUT2D eigenvalue weighted by Gasteiger charge is 2.26. The first kappa shape index (κ1) is 14.9. The van der Waals surface area contributed by atoms with Crippen molar-refractivity contribution >= 4 is 21.6 Å². The van der Waals surface area contributed by atoms with Crippen LogP contribution in [-0.2, 0) is 9.84 Å². The second kappa shape index (κ2) is 6.29. The number of hydrogen-bond donors (Lipinski definition) is 0. The van der Waals surface area contributed by atoms with Crippen LogP contribution in [0.3, 0.4) is 0 Å². The van der Waals surface area contributed by atoms with Crippen LogP contribution in [0, 0.1) is 0 Å². The summed E-state index contributed by atoms with van der Waals surface area (Å²) in [7, 11) is -3.15. The molecule has 2 unspecified atom stereocenters. The van der Waals surface area contributed by atoms with Crippen molar-refractivity contribution in [1.29, 1.82) is 0 Å². The van der Waals surface area contributed by atoms with Gasteiger partial charge in [-0.1, -0.05) is 25.1 Å². The third-order valence-electron chi connectivity index (χ3n) is 3.76. The summed E-state index contributed by atoms with van der Waals surface area (Å²) in [5.41, 5.74) is 0. The lowest BCUT2D eigenvalue weighted by atomic mass is 10.2.